The van der Waals surface area contributed by atoms with E-state index >= 15 is 0 Å². The lowest BCUT2D eigenvalue weighted by molar-refractivity contribution is 0.276. The lowest BCUT2D eigenvalue weighted by atomic mass is 10.2. The number of rotatable bonds is 5. The highest BCUT2D eigenvalue weighted by Gasteiger charge is 2.07. The average molecular weight is 243 g/mol. The van der Waals surface area contributed by atoms with Crippen LogP contribution in [0.2, 0.25) is 0 Å². The maximum absolute atomic E-state index is 8.94. The molecule has 4 nitrogen and oxygen atoms in total. The third-order valence-electron chi connectivity index (χ3n) is 2.78. The molecule has 0 amide bonds. The Hall–Kier alpha value is -1.94. The SMILES string of the molecule is CCN(Cc1ccccc1)c1cnc(CO)cn1. The van der Waals surface area contributed by atoms with Crippen LogP contribution >= 0.6 is 0 Å². The molecule has 0 radical (unpaired) electrons. The molecule has 1 heterocycles. The Bertz CT molecular complexity index is 470. The summed E-state index contributed by atoms with van der Waals surface area (Å²) in [6.45, 7) is 3.69. The van der Waals surface area contributed by atoms with E-state index in [0.717, 1.165) is 18.9 Å². The third-order valence-corrected chi connectivity index (χ3v) is 2.78. The summed E-state index contributed by atoms with van der Waals surface area (Å²) in [5.41, 5.74) is 1.84. The van der Waals surface area contributed by atoms with E-state index in [1.165, 1.54) is 5.56 Å². The van der Waals surface area contributed by atoms with Crippen molar-refractivity contribution in [1.82, 2.24) is 9.97 Å². The number of aromatic nitrogens is 2. The fourth-order valence-corrected chi connectivity index (χ4v) is 1.75. The zero-order chi connectivity index (χ0) is 12.8. The molecule has 0 spiro atoms. The molecule has 1 aromatic heterocycles. The predicted molar refractivity (Wildman–Crippen MR) is 71.1 cm³/mol. The molecule has 4 heteroatoms. The highest BCUT2D eigenvalue weighted by molar-refractivity contribution is 5.37. The quantitative estimate of drug-likeness (QED) is 0.872. The van der Waals surface area contributed by atoms with Crippen LogP contribution in [0.15, 0.2) is 42.7 Å². The second-order valence-electron chi connectivity index (χ2n) is 4.02. The fourth-order valence-electron chi connectivity index (χ4n) is 1.75. The van der Waals surface area contributed by atoms with Gasteiger partial charge < -0.3 is 10.0 Å². The van der Waals surface area contributed by atoms with E-state index in [0.29, 0.717) is 5.69 Å². The minimum atomic E-state index is -0.0713. The second-order valence-corrected chi connectivity index (χ2v) is 4.02. The molecular formula is C14H17N3O. The van der Waals surface area contributed by atoms with Crippen LogP contribution in [0.5, 0.6) is 0 Å². The van der Waals surface area contributed by atoms with E-state index < -0.39 is 0 Å². The van der Waals surface area contributed by atoms with E-state index in [-0.39, 0.29) is 6.61 Å². The minimum Gasteiger partial charge on any atom is -0.390 e. The summed E-state index contributed by atoms with van der Waals surface area (Å²) in [7, 11) is 0. The van der Waals surface area contributed by atoms with Gasteiger partial charge in [0.1, 0.15) is 5.82 Å². The van der Waals surface area contributed by atoms with Crippen molar-refractivity contribution in [2.24, 2.45) is 0 Å². The summed E-state index contributed by atoms with van der Waals surface area (Å²) >= 11 is 0. The standard InChI is InChI=1S/C14H17N3O/c1-2-17(10-12-6-4-3-5-7-12)14-9-15-13(11-18)8-16-14/h3-9,18H,2,10-11H2,1H3. The number of aliphatic hydroxyl groups excluding tert-OH is 1. The molecule has 0 aliphatic rings. The smallest absolute Gasteiger partial charge is 0.147 e. The van der Waals surface area contributed by atoms with E-state index in [1.807, 2.05) is 18.2 Å². The maximum Gasteiger partial charge on any atom is 0.147 e. The Morgan fingerprint density at radius 2 is 1.89 bits per heavy atom. The Labute approximate surface area is 107 Å². The number of benzene rings is 1. The molecule has 1 aromatic carbocycles. The van der Waals surface area contributed by atoms with Gasteiger partial charge >= 0.3 is 0 Å². The first-order valence-corrected chi connectivity index (χ1v) is 6.04. The number of hydrogen-bond donors (Lipinski definition) is 1. The monoisotopic (exact) mass is 243 g/mol. The van der Waals surface area contributed by atoms with Gasteiger partial charge in [-0.25, -0.2) is 4.98 Å². The van der Waals surface area contributed by atoms with Crippen LogP contribution in [-0.4, -0.2) is 21.6 Å². The van der Waals surface area contributed by atoms with Gasteiger partial charge in [0, 0.05) is 13.1 Å². The van der Waals surface area contributed by atoms with Crippen LogP contribution < -0.4 is 4.90 Å². The van der Waals surface area contributed by atoms with Gasteiger partial charge in [-0.05, 0) is 12.5 Å². The molecule has 0 fully saturated rings. The Morgan fingerprint density at radius 1 is 1.11 bits per heavy atom. The Morgan fingerprint density at radius 3 is 2.44 bits per heavy atom. The fraction of sp³-hybridized carbons (Fsp3) is 0.286. The van der Waals surface area contributed by atoms with Crippen molar-refractivity contribution in [3.8, 4) is 0 Å². The Balaban J connectivity index is 2.12. The van der Waals surface area contributed by atoms with Crippen LogP contribution in [0.4, 0.5) is 5.82 Å². The van der Waals surface area contributed by atoms with Gasteiger partial charge in [0.2, 0.25) is 0 Å². The molecule has 2 aromatic rings. The first-order chi connectivity index (χ1) is 8.83. The molecule has 0 unspecified atom stereocenters. The topological polar surface area (TPSA) is 49.2 Å². The van der Waals surface area contributed by atoms with Crippen molar-refractivity contribution in [2.45, 2.75) is 20.1 Å². The second kappa shape index (κ2) is 6.12. The van der Waals surface area contributed by atoms with E-state index in [4.69, 9.17) is 5.11 Å². The van der Waals surface area contributed by atoms with Crippen molar-refractivity contribution < 1.29 is 5.11 Å². The summed E-state index contributed by atoms with van der Waals surface area (Å²) in [5.74, 6) is 0.832. The van der Waals surface area contributed by atoms with Crippen LogP contribution in [0.3, 0.4) is 0 Å². The molecule has 94 valence electrons. The summed E-state index contributed by atoms with van der Waals surface area (Å²) in [6, 6.07) is 10.3. The first kappa shape index (κ1) is 12.5. The molecule has 0 atom stereocenters. The summed E-state index contributed by atoms with van der Waals surface area (Å²) in [4.78, 5) is 10.6. The van der Waals surface area contributed by atoms with Crippen molar-refractivity contribution in [3.63, 3.8) is 0 Å². The van der Waals surface area contributed by atoms with Crippen LogP contribution in [0, 0.1) is 0 Å². The Kier molecular flexibility index (Phi) is 4.25. The van der Waals surface area contributed by atoms with Gasteiger partial charge in [0.25, 0.3) is 0 Å². The highest BCUT2D eigenvalue weighted by atomic mass is 16.3. The average Bonchev–Trinajstić information content (AvgIpc) is 2.46. The number of nitrogens with zero attached hydrogens (tertiary/aromatic N) is 3. The summed E-state index contributed by atoms with van der Waals surface area (Å²) in [5, 5.41) is 8.94. The van der Waals surface area contributed by atoms with Crippen molar-refractivity contribution in [3.05, 3.63) is 54.0 Å². The summed E-state index contributed by atoms with van der Waals surface area (Å²) < 4.78 is 0. The predicted octanol–water partition coefficient (Wildman–Crippen LogP) is 2.00. The maximum atomic E-state index is 8.94. The van der Waals surface area contributed by atoms with E-state index in [9.17, 15) is 0 Å². The third kappa shape index (κ3) is 3.05. The number of hydrogen-bond acceptors (Lipinski definition) is 4. The molecule has 0 saturated carbocycles. The van der Waals surface area contributed by atoms with Gasteiger partial charge in [-0.1, -0.05) is 30.3 Å². The van der Waals surface area contributed by atoms with Gasteiger partial charge in [0.15, 0.2) is 0 Å². The molecule has 0 bridgehead atoms. The zero-order valence-corrected chi connectivity index (χ0v) is 10.5. The van der Waals surface area contributed by atoms with Gasteiger partial charge in [-0.2, -0.15) is 0 Å². The van der Waals surface area contributed by atoms with Crippen molar-refractivity contribution in [1.29, 1.82) is 0 Å². The van der Waals surface area contributed by atoms with Gasteiger partial charge in [-0.3, -0.25) is 4.98 Å². The minimum absolute atomic E-state index is 0.0713. The van der Waals surface area contributed by atoms with E-state index in [2.05, 4.69) is 33.9 Å². The van der Waals surface area contributed by atoms with Gasteiger partial charge in [0.05, 0.1) is 24.7 Å². The normalized spacial score (nSPS) is 10.3. The highest BCUT2D eigenvalue weighted by Crippen LogP contribution is 2.13. The molecule has 2 rings (SSSR count). The summed E-state index contributed by atoms with van der Waals surface area (Å²) in [6.07, 6.45) is 3.32. The molecule has 0 saturated heterocycles. The van der Waals surface area contributed by atoms with Crippen LogP contribution in [0.25, 0.3) is 0 Å². The van der Waals surface area contributed by atoms with Crippen molar-refractivity contribution >= 4 is 5.82 Å². The lowest BCUT2D eigenvalue weighted by Crippen LogP contribution is -2.23. The largest absolute Gasteiger partial charge is 0.390 e. The van der Waals surface area contributed by atoms with E-state index in [1.54, 1.807) is 12.4 Å². The van der Waals surface area contributed by atoms with Gasteiger partial charge in [-0.15, -0.1) is 0 Å². The molecular weight excluding hydrogens is 226 g/mol. The molecule has 0 aliphatic heterocycles. The van der Waals surface area contributed by atoms with Crippen LogP contribution in [0.1, 0.15) is 18.2 Å². The van der Waals surface area contributed by atoms with Crippen molar-refractivity contribution in [2.75, 3.05) is 11.4 Å². The first-order valence-electron chi connectivity index (χ1n) is 6.04. The number of anilines is 1. The molecule has 1 N–H and O–H groups in total. The molecule has 0 aliphatic carbocycles. The molecule has 18 heavy (non-hydrogen) atoms. The van der Waals surface area contributed by atoms with Crippen LogP contribution in [-0.2, 0) is 13.2 Å². The zero-order valence-electron chi connectivity index (χ0n) is 10.5. The lowest BCUT2D eigenvalue weighted by Gasteiger charge is -2.21. The number of aliphatic hydroxyl groups is 1.